The van der Waals surface area contributed by atoms with Crippen LogP contribution in [0.2, 0.25) is 0 Å². The fraction of sp³-hybridized carbons (Fsp3) is 0.583. The molecule has 1 saturated heterocycles. The summed E-state index contributed by atoms with van der Waals surface area (Å²) in [5.41, 5.74) is 1.19. The van der Waals surface area contributed by atoms with Gasteiger partial charge in [-0.15, -0.1) is 10.2 Å². The summed E-state index contributed by atoms with van der Waals surface area (Å²) in [7, 11) is 0. The van der Waals surface area contributed by atoms with Gasteiger partial charge in [0.2, 0.25) is 5.91 Å². The summed E-state index contributed by atoms with van der Waals surface area (Å²) < 4.78 is 7.68. The summed E-state index contributed by atoms with van der Waals surface area (Å²) in [6.07, 6.45) is 5.70. The van der Waals surface area contributed by atoms with Gasteiger partial charge < -0.3 is 19.5 Å². The number of amides is 2. The maximum absolute atomic E-state index is 12.8. The number of anilines is 1. The molecule has 2 aliphatic rings. The number of hydrogen-bond acceptors (Lipinski definition) is 5. The van der Waals surface area contributed by atoms with E-state index in [4.69, 9.17) is 4.74 Å². The SMILES string of the molecule is CC(C)(C)OC(=O)N1CCC[C@@H](C(=O)Nc2ccc(-c3nnc4n3CCCCC4)cc2)C1. The Morgan fingerprint density at radius 3 is 2.56 bits per heavy atom. The molecule has 3 heterocycles. The molecule has 1 fully saturated rings. The second-order valence-electron chi connectivity index (χ2n) is 9.73. The zero-order valence-corrected chi connectivity index (χ0v) is 19.3. The first kappa shape index (κ1) is 22.3. The summed E-state index contributed by atoms with van der Waals surface area (Å²) in [6, 6.07) is 7.76. The number of likely N-dealkylation sites (tertiary alicyclic amines) is 1. The quantitative estimate of drug-likeness (QED) is 0.772. The number of nitrogens with one attached hydrogen (secondary N) is 1. The molecule has 172 valence electrons. The van der Waals surface area contributed by atoms with E-state index in [0.29, 0.717) is 13.1 Å². The number of benzene rings is 1. The number of ether oxygens (including phenoxy) is 1. The Hall–Kier alpha value is -2.90. The lowest BCUT2D eigenvalue weighted by molar-refractivity contribution is -0.121. The number of aryl methyl sites for hydroxylation is 1. The van der Waals surface area contributed by atoms with E-state index < -0.39 is 5.60 Å². The van der Waals surface area contributed by atoms with E-state index in [1.54, 1.807) is 4.90 Å². The molecule has 0 radical (unpaired) electrons. The maximum Gasteiger partial charge on any atom is 0.410 e. The van der Waals surface area contributed by atoms with Gasteiger partial charge in [-0.3, -0.25) is 4.79 Å². The predicted molar refractivity (Wildman–Crippen MR) is 122 cm³/mol. The van der Waals surface area contributed by atoms with Crippen LogP contribution >= 0.6 is 0 Å². The normalized spacial score (nSPS) is 19.1. The average Bonchev–Trinajstić information content (AvgIpc) is 3.01. The van der Waals surface area contributed by atoms with Crippen LogP contribution in [-0.4, -0.2) is 50.4 Å². The first-order valence-corrected chi connectivity index (χ1v) is 11.6. The monoisotopic (exact) mass is 439 g/mol. The van der Waals surface area contributed by atoms with Crippen LogP contribution in [0.3, 0.4) is 0 Å². The molecule has 8 nitrogen and oxygen atoms in total. The van der Waals surface area contributed by atoms with Gasteiger partial charge in [0.25, 0.3) is 0 Å². The van der Waals surface area contributed by atoms with Gasteiger partial charge in [0.1, 0.15) is 11.4 Å². The number of fused-ring (bicyclic) bond motifs is 1. The first-order valence-electron chi connectivity index (χ1n) is 11.6. The van der Waals surface area contributed by atoms with E-state index in [9.17, 15) is 9.59 Å². The molecule has 1 aromatic heterocycles. The minimum absolute atomic E-state index is 0.0673. The molecule has 32 heavy (non-hydrogen) atoms. The Balaban J connectivity index is 1.38. The molecule has 0 unspecified atom stereocenters. The van der Waals surface area contributed by atoms with Gasteiger partial charge in [0.15, 0.2) is 5.82 Å². The van der Waals surface area contributed by atoms with Gasteiger partial charge in [-0.2, -0.15) is 0 Å². The van der Waals surface area contributed by atoms with Crippen molar-refractivity contribution in [3.05, 3.63) is 30.1 Å². The minimum Gasteiger partial charge on any atom is -0.444 e. The maximum atomic E-state index is 12.8. The first-order chi connectivity index (χ1) is 15.3. The van der Waals surface area contributed by atoms with Gasteiger partial charge in [0, 0.05) is 37.3 Å². The van der Waals surface area contributed by atoms with E-state index in [1.807, 2.05) is 45.0 Å². The highest BCUT2D eigenvalue weighted by Gasteiger charge is 2.31. The molecule has 0 spiro atoms. The Morgan fingerprint density at radius 1 is 1.03 bits per heavy atom. The number of carbonyl (C=O) groups is 2. The van der Waals surface area contributed by atoms with Crippen molar-refractivity contribution < 1.29 is 14.3 Å². The van der Waals surface area contributed by atoms with Gasteiger partial charge in [-0.25, -0.2) is 4.79 Å². The Kier molecular flexibility index (Phi) is 6.48. The van der Waals surface area contributed by atoms with Gasteiger partial charge >= 0.3 is 6.09 Å². The predicted octanol–water partition coefficient (Wildman–Crippen LogP) is 4.26. The molecule has 2 amide bonds. The second kappa shape index (κ2) is 9.30. The molecule has 1 atom stereocenters. The van der Waals surface area contributed by atoms with Crippen molar-refractivity contribution in [1.82, 2.24) is 19.7 Å². The van der Waals surface area contributed by atoms with Crippen LogP contribution in [0, 0.1) is 5.92 Å². The molecule has 0 bridgehead atoms. The summed E-state index contributed by atoms with van der Waals surface area (Å²) >= 11 is 0. The highest BCUT2D eigenvalue weighted by Crippen LogP contribution is 2.25. The fourth-order valence-electron chi connectivity index (χ4n) is 4.33. The Morgan fingerprint density at radius 2 is 1.81 bits per heavy atom. The van der Waals surface area contributed by atoms with Crippen molar-refractivity contribution in [3.63, 3.8) is 0 Å². The van der Waals surface area contributed by atoms with Crippen molar-refractivity contribution in [2.24, 2.45) is 5.92 Å². The molecule has 8 heteroatoms. The van der Waals surface area contributed by atoms with E-state index in [0.717, 1.165) is 61.5 Å². The van der Waals surface area contributed by atoms with Crippen molar-refractivity contribution >= 4 is 17.7 Å². The molecular formula is C24H33N5O3. The number of hydrogen-bond donors (Lipinski definition) is 1. The lowest BCUT2D eigenvalue weighted by Crippen LogP contribution is -2.45. The summed E-state index contributed by atoms with van der Waals surface area (Å²) in [4.78, 5) is 26.9. The number of piperidine rings is 1. The summed E-state index contributed by atoms with van der Waals surface area (Å²) in [5.74, 6) is 1.63. The largest absolute Gasteiger partial charge is 0.444 e. The fourth-order valence-corrected chi connectivity index (χ4v) is 4.33. The molecule has 4 rings (SSSR count). The third-order valence-corrected chi connectivity index (χ3v) is 5.96. The van der Waals surface area contributed by atoms with E-state index in [1.165, 1.54) is 6.42 Å². The zero-order valence-electron chi connectivity index (χ0n) is 19.3. The lowest BCUT2D eigenvalue weighted by atomic mass is 9.97. The second-order valence-corrected chi connectivity index (χ2v) is 9.73. The average molecular weight is 440 g/mol. The molecule has 1 aromatic carbocycles. The highest BCUT2D eigenvalue weighted by atomic mass is 16.6. The van der Waals surface area contributed by atoms with Gasteiger partial charge in [-0.1, -0.05) is 6.42 Å². The van der Waals surface area contributed by atoms with Crippen LogP contribution in [0.5, 0.6) is 0 Å². The number of nitrogens with zero attached hydrogens (tertiary/aromatic N) is 4. The topological polar surface area (TPSA) is 89.3 Å². The molecule has 2 aromatic rings. The third kappa shape index (κ3) is 5.29. The standard InChI is InChI=1S/C24H33N5O3/c1-24(2,3)32-23(31)28-14-7-8-18(16-28)22(30)25-19-12-10-17(11-13-19)21-27-26-20-9-5-4-6-15-29(20)21/h10-13,18H,4-9,14-16H2,1-3H3,(H,25,30)/t18-/m1/s1. The van der Waals surface area contributed by atoms with Crippen molar-refractivity contribution in [2.45, 2.75) is 71.4 Å². The van der Waals surface area contributed by atoms with E-state index in [2.05, 4.69) is 20.1 Å². The van der Waals surface area contributed by atoms with E-state index >= 15 is 0 Å². The van der Waals surface area contributed by atoms with Crippen molar-refractivity contribution in [1.29, 1.82) is 0 Å². The van der Waals surface area contributed by atoms with Crippen LogP contribution in [0.4, 0.5) is 10.5 Å². The Labute approximate surface area is 189 Å². The summed E-state index contributed by atoms with van der Waals surface area (Å²) in [6.45, 7) is 7.49. The van der Waals surface area contributed by atoms with Gasteiger partial charge in [-0.05, 0) is 70.7 Å². The lowest BCUT2D eigenvalue weighted by Gasteiger charge is -2.33. The minimum atomic E-state index is -0.545. The van der Waals surface area contributed by atoms with Crippen LogP contribution in [0.1, 0.15) is 58.7 Å². The van der Waals surface area contributed by atoms with Crippen LogP contribution in [0.25, 0.3) is 11.4 Å². The molecule has 1 N–H and O–H groups in total. The highest BCUT2D eigenvalue weighted by molar-refractivity contribution is 5.93. The number of carbonyl (C=O) groups excluding carboxylic acids is 2. The third-order valence-electron chi connectivity index (χ3n) is 5.96. The van der Waals surface area contributed by atoms with Crippen molar-refractivity contribution in [3.8, 4) is 11.4 Å². The molecule has 0 saturated carbocycles. The molecular weight excluding hydrogens is 406 g/mol. The van der Waals surface area contributed by atoms with Crippen LogP contribution in [-0.2, 0) is 22.5 Å². The Bertz CT molecular complexity index is 961. The number of aromatic nitrogens is 3. The molecule has 0 aliphatic carbocycles. The van der Waals surface area contributed by atoms with Crippen LogP contribution in [0.15, 0.2) is 24.3 Å². The number of rotatable bonds is 3. The van der Waals surface area contributed by atoms with E-state index in [-0.39, 0.29) is 17.9 Å². The smallest absolute Gasteiger partial charge is 0.410 e. The van der Waals surface area contributed by atoms with Crippen LogP contribution < -0.4 is 5.32 Å². The molecule has 2 aliphatic heterocycles. The van der Waals surface area contributed by atoms with Crippen molar-refractivity contribution in [2.75, 3.05) is 18.4 Å². The summed E-state index contributed by atoms with van der Waals surface area (Å²) in [5, 5.41) is 11.8. The van der Waals surface area contributed by atoms with Gasteiger partial charge in [0.05, 0.1) is 5.92 Å². The zero-order chi connectivity index (χ0) is 22.7.